The molecule has 3 unspecified atom stereocenters. The van der Waals surface area contributed by atoms with Gasteiger partial charge in [0.15, 0.2) is 11.5 Å². The monoisotopic (exact) mass is 295 g/mol. The van der Waals surface area contributed by atoms with Crippen molar-refractivity contribution in [3.05, 3.63) is 23.3 Å². The molecule has 1 rings (SSSR count). The minimum absolute atomic E-state index is 0.223. The molecule has 0 radical (unpaired) electrons. The van der Waals surface area contributed by atoms with E-state index in [1.54, 1.807) is 14.2 Å². The predicted molar refractivity (Wildman–Crippen MR) is 86.2 cm³/mol. The quantitative estimate of drug-likeness (QED) is 0.774. The van der Waals surface area contributed by atoms with Gasteiger partial charge in [0.25, 0.3) is 0 Å². The van der Waals surface area contributed by atoms with Gasteiger partial charge in [0.2, 0.25) is 0 Å². The number of rotatable bonds is 8. The lowest BCUT2D eigenvalue weighted by Crippen LogP contribution is -2.26. The first kappa shape index (κ1) is 17.8. The lowest BCUT2D eigenvalue weighted by molar-refractivity contribution is 0.162. The van der Waals surface area contributed by atoms with Gasteiger partial charge in [-0.2, -0.15) is 0 Å². The van der Waals surface area contributed by atoms with Gasteiger partial charge in [-0.25, -0.2) is 0 Å². The van der Waals surface area contributed by atoms with Crippen molar-refractivity contribution in [3.8, 4) is 11.5 Å². The van der Waals surface area contributed by atoms with E-state index in [0.29, 0.717) is 5.92 Å². The Hall–Kier alpha value is -1.26. The van der Waals surface area contributed by atoms with Gasteiger partial charge in [0.05, 0.1) is 20.3 Å². The number of aryl methyl sites for hydroxylation is 1. The van der Waals surface area contributed by atoms with Crippen LogP contribution in [0.2, 0.25) is 0 Å². The standard InChI is InChI=1S/C17H29NO3/c1-11(7-13(3)19)10-18-14(4)15-9-17(21-6)16(20-5)8-12(15)2/h8-9,11,13-14,18-19H,7,10H2,1-6H3. The third kappa shape index (κ3) is 5.21. The molecule has 2 N–H and O–H groups in total. The zero-order valence-corrected chi connectivity index (χ0v) is 14.1. The molecular weight excluding hydrogens is 266 g/mol. The van der Waals surface area contributed by atoms with E-state index in [1.807, 2.05) is 19.1 Å². The Kier molecular flexibility index (Phi) is 6.99. The second-order valence-electron chi connectivity index (χ2n) is 5.88. The lowest BCUT2D eigenvalue weighted by Gasteiger charge is -2.21. The molecule has 120 valence electrons. The zero-order valence-electron chi connectivity index (χ0n) is 14.1. The normalized spacial score (nSPS) is 15.4. The maximum absolute atomic E-state index is 9.42. The van der Waals surface area contributed by atoms with Crippen LogP contribution >= 0.6 is 0 Å². The third-order valence-corrected chi connectivity index (χ3v) is 3.75. The molecule has 1 aromatic rings. The van der Waals surface area contributed by atoms with Crippen LogP contribution in [0.4, 0.5) is 0 Å². The third-order valence-electron chi connectivity index (χ3n) is 3.75. The van der Waals surface area contributed by atoms with Crippen molar-refractivity contribution in [1.82, 2.24) is 5.32 Å². The summed E-state index contributed by atoms with van der Waals surface area (Å²) >= 11 is 0. The number of aliphatic hydroxyl groups is 1. The summed E-state index contributed by atoms with van der Waals surface area (Å²) in [7, 11) is 3.30. The topological polar surface area (TPSA) is 50.7 Å². The van der Waals surface area contributed by atoms with Crippen LogP contribution in [0.25, 0.3) is 0 Å². The molecule has 1 aromatic carbocycles. The predicted octanol–water partition coefficient (Wildman–Crippen LogP) is 3.07. The summed E-state index contributed by atoms with van der Waals surface area (Å²) in [5.41, 5.74) is 2.38. The maximum atomic E-state index is 9.42. The van der Waals surface area contributed by atoms with Gasteiger partial charge >= 0.3 is 0 Å². The molecule has 0 aliphatic carbocycles. The smallest absolute Gasteiger partial charge is 0.161 e. The molecule has 0 saturated heterocycles. The Bertz CT molecular complexity index is 446. The van der Waals surface area contributed by atoms with E-state index in [-0.39, 0.29) is 12.1 Å². The SMILES string of the molecule is COc1cc(C)c(C(C)NCC(C)CC(C)O)cc1OC. The summed E-state index contributed by atoms with van der Waals surface area (Å²) in [5, 5.41) is 12.9. The van der Waals surface area contributed by atoms with Crippen LogP contribution < -0.4 is 14.8 Å². The molecule has 0 spiro atoms. The van der Waals surface area contributed by atoms with Crippen LogP contribution in [-0.2, 0) is 0 Å². The molecule has 21 heavy (non-hydrogen) atoms. The van der Waals surface area contributed by atoms with Crippen LogP contribution in [0.1, 0.15) is 44.4 Å². The number of hydrogen-bond acceptors (Lipinski definition) is 4. The highest BCUT2D eigenvalue weighted by Crippen LogP contribution is 2.32. The van der Waals surface area contributed by atoms with Crippen LogP contribution in [0, 0.1) is 12.8 Å². The first-order valence-electron chi connectivity index (χ1n) is 7.53. The Morgan fingerprint density at radius 2 is 1.67 bits per heavy atom. The summed E-state index contributed by atoms with van der Waals surface area (Å²) in [6, 6.07) is 4.26. The van der Waals surface area contributed by atoms with Gasteiger partial charge in [0.1, 0.15) is 0 Å². The minimum atomic E-state index is -0.250. The van der Waals surface area contributed by atoms with Crippen LogP contribution in [0.15, 0.2) is 12.1 Å². The summed E-state index contributed by atoms with van der Waals surface area (Å²) in [6.07, 6.45) is 0.560. The van der Waals surface area contributed by atoms with Gasteiger partial charge in [-0.3, -0.25) is 0 Å². The number of aliphatic hydroxyl groups excluding tert-OH is 1. The van der Waals surface area contributed by atoms with Gasteiger partial charge in [-0.15, -0.1) is 0 Å². The van der Waals surface area contributed by atoms with Crippen molar-refractivity contribution in [2.75, 3.05) is 20.8 Å². The average molecular weight is 295 g/mol. The highest BCUT2D eigenvalue weighted by molar-refractivity contribution is 5.47. The lowest BCUT2D eigenvalue weighted by atomic mass is 9.99. The fourth-order valence-corrected chi connectivity index (χ4v) is 2.62. The molecule has 0 fully saturated rings. The second kappa shape index (κ2) is 8.25. The van der Waals surface area contributed by atoms with Crippen molar-refractivity contribution in [3.63, 3.8) is 0 Å². The highest BCUT2D eigenvalue weighted by Gasteiger charge is 2.15. The highest BCUT2D eigenvalue weighted by atomic mass is 16.5. The first-order valence-corrected chi connectivity index (χ1v) is 7.53. The molecule has 0 aliphatic heterocycles. The molecule has 0 aliphatic rings. The van der Waals surface area contributed by atoms with E-state index < -0.39 is 0 Å². The summed E-state index contributed by atoms with van der Waals surface area (Å²) in [5.74, 6) is 1.95. The number of benzene rings is 1. The fraction of sp³-hybridized carbons (Fsp3) is 0.647. The first-order chi connectivity index (χ1) is 9.88. The summed E-state index contributed by atoms with van der Waals surface area (Å²) < 4.78 is 10.7. The van der Waals surface area contributed by atoms with E-state index in [2.05, 4.69) is 26.1 Å². The van der Waals surface area contributed by atoms with E-state index in [4.69, 9.17) is 9.47 Å². The molecule has 0 heterocycles. The van der Waals surface area contributed by atoms with Crippen LogP contribution in [-0.4, -0.2) is 32.0 Å². The Balaban J connectivity index is 2.75. The van der Waals surface area contributed by atoms with Crippen molar-refractivity contribution < 1.29 is 14.6 Å². The summed E-state index contributed by atoms with van der Waals surface area (Å²) in [4.78, 5) is 0. The molecule has 0 bridgehead atoms. The van der Waals surface area contributed by atoms with Crippen LogP contribution in [0.5, 0.6) is 11.5 Å². The molecular formula is C17H29NO3. The number of methoxy groups -OCH3 is 2. The number of ether oxygens (including phenoxy) is 2. The average Bonchev–Trinajstić information content (AvgIpc) is 2.43. The molecule has 0 saturated carbocycles. The molecule has 4 nitrogen and oxygen atoms in total. The van der Waals surface area contributed by atoms with Crippen molar-refractivity contribution in [2.45, 2.75) is 46.3 Å². The summed E-state index contributed by atoms with van der Waals surface area (Å²) in [6.45, 7) is 9.07. The number of nitrogens with one attached hydrogen (secondary N) is 1. The molecule has 4 heteroatoms. The number of hydrogen-bond donors (Lipinski definition) is 2. The van der Waals surface area contributed by atoms with E-state index >= 15 is 0 Å². The van der Waals surface area contributed by atoms with E-state index in [0.717, 1.165) is 24.5 Å². The van der Waals surface area contributed by atoms with Crippen molar-refractivity contribution in [1.29, 1.82) is 0 Å². The minimum Gasteiger partial charge on any atom is -0.493 e. The molecule has 3 atom stereocenters. The van der Waals surface area contributed by atoms with Gasteiger partial charge in [-0.05, 0) is 62.9 Å². The molecule has 0 aromatic heterocycles. The van der Waals surface area contributed by atoms with E-state index in [9.17, 15) is 5.11 Å². The van der Waals surface area contributed by atoms with Crippen LogP contribution in [0.3, 0.4) is 0 Å². The largest absolute Gasteiger partial charge is 0.493 e. The fourth-order valence-electron chi connectivity index (χ4n) is 2.62. The van der Waals surface area contributed by atoms with Gasteiger partial charge in [-0.1, -0.05) is 6.92 Å². The molecule has 0 amide bonds. The van der Waals surface area contributed by atoms with Crippen molar-refractivity contribution in [2.24, 2.45) is 5.92 Å². The van der Waals surface area contributed by atoms with Gasteiger partial charge < -0.3 is 19.9 Å². The maximum Gasteiger partial charge on any atom is 0.161 e. The zero-order chi connectivity index (χ0) is 16.0. The van der Waals surface area contributed by atoms with Crippen molar-refractivity contribution >= 4 is 0 Å². The Morgan fingerprint density at radius 1 is 1.10 bits per heavy atom. The second-order valence-corrected chi connectivity index (χ2v) is 5.88. The Labute approximate surface area is 128 Å². The Morgan fingerprint density at radius 3 is 2.19 bits per heavy atom. The van der Waals surface area contributed by atoms with Gasteiger partial charge in [0, 0.05) is 6.04 Å². The van der Waals surface area contributed by atoms with E-state index in [1.165, 1.54) is 11.1 Å².